The van der Waals surface area contributed by atoms with E-state index in [1.54, 1.807) is 0 Å². The van der Waals surface area contributed by atoms with Gasteiger partial charge >= 0.3 is 0 Å². The van der Waals surface area contributed by atoms with Gasteiger partial charge in [-0.05, 0) is 89.0 Å². The monoisotopic (exact) mass is 813 g/mol. The minimum Gasteiger partial charge on any atom is -0.454 e. The first kappa shape index (κ1) is 34.0. The molecule has 0 aliphatic heterocycles. The number of hydrogen-bond acceptors (Lipinski definition) is 1. The number of furan rings is 1. The van der Waals surface area contributed by atoms with Gasteiger partial charge in [-0.1, -0.05) is 146 Å². The predicted molar refractivity (Wildman–Crippen MR) is 268 cm³/mol. The van der Waals surface area contributed by atoms with E-state index in [1.165, 1.54) is 92.9 Å². The van der Waals surface area contributed by atoms with Gasteiger partial charge in [0.1, 0.15) is 5.58 Å². The first-order valence-electron chi connectivity index (χ1n) is 22.0. The second kappa shape index (κ2) is 12.5. The van der Waals surface area contributed by atoms with Crippen molar-refractivity contribution < 1.29 is 4.42 Å². The molecule has 64 heavy (non-hydrogen) atoms. The maximum absolute atomic E-state index is 6.53. The van der Waals surface area contributed by atoms with E-state index in [0.29, 0.717) is 0 Å². The first-order chi connectivity index (χ1) is 31.7. The third-order valence-corrected chi connectivity index (χ3v) is 14.0. The fraction of sp³-hybridized carbons (Fsp3) is 0. The largest absolute Gasteiger partial charge is 0.454 e. The van der Waals surface area contributed by atoms with Crippen molar-refractivity contribution in [2.75, 3.05) is 0 Å². The molecule has 0 radical (unpaired) electrons. The van der Waals surface area contributed by atoms with Crippen LogP contribution >= 0.6 is 0 Å². The van der Waals surface area contributed by atoms with Gasteiger partial charge in [-0.15, -0.1) is 0 Å². The molecule has 10 aromatic carbocycles. The van der Waals surface area contributed by atoms with Gasteiger partial charge in [0.25, 0.3) is 0 Å². The molecule has 5 heterocycles. The van der Waals surface area contributed by atoms with E-state index in [-0.39, 0.29) is 0 Å². The minimum atomic E-state index is 0.903. The molecule has 4 heteroatoms. The number of aromatic nitrogens is 3. The lowest BCUT2D eigenvalue weighted by molar-refractivity contribution is 0.666. The smallest absolute Gasteiger partial charge is 0.159 e. The molecule has 296 valence electrons. The Morgan fingerprint density at radius 1 is 0.281 bits per heavy atom. The summed E-state index contributed by atoms with van der Waals surface area (Å²) in [6, 6.07) is 77.7. The van der Waals surface area contributed by atoms with E-state index in [4.69, 9.17) is 4.42 Å². The normalized spacial score (nSPS) is 12.4. The summed E-state index contributed by atoms with van der Waals surface area (Å²) in [6.45, 7) is 0. The Kier molecular flexibility index (Phi) is 6.65. The van der Waals surface area contributed by atoms with Crippen LogP contribution in [0.3, 0.4) is 0 Å². The van der Waals surface area contributed by atoms with E-state index in [2.05, 4.69) is 220 Å². The highest BCUT2D eigenvalue weighted by Gasteiger charge is 2.21. The van der Waals surface area contributed by atoms with Crippen molar-refractivity contribution in [3.05, 3.63) is 212 Å². The molecule has 0 saturated heterocycles. The molecule has 0 N–H and O–H groups in total. The average molecular weight is 814 g/mol. The van der Waals surface area contributed by atoms with Crippen molar-refractivity contribution in [2.45, 2.75) is 0 Å². The van der Waals surface area contributed by atoms with Gasteiger partial charge < -0.3 is 18.0 Å². The molecule has 0 spiro atoms. The molecular weight excluding hydrogens is 779 g/mol. The van der Waals surface area contributed by atoms with Crippen LogP contribution in [0.4, 0.5) is 0 Å². The zero-order valence-corrected chi connectivity index (χ0v) is 34.5. The van der Waals surface area contributed by atoms with Crippen LogP contribution < -0.4 is 0 Å². The third-order valence-electron chi connectivity index (χ3n) is 14.0. The number of hydrogen-bond donors (Lipinski definition) is 0. The Morgan fingerprint density at radius 2 is 0.766 bits per heavy atom. The summed E-state index contributed by atoms with van der Waals surface area (Å²) >= 11 is 0. The zero-order chi connectivity index (χ0) is 41.6. The van der Waals surface area contributed by atoms with Crippen LogP contribution in [0.25, 0.3) is 137 Å². The lowest BCUT2D eigenvalue weighted by Gasteiger charge is -2.10. The Hall–Kier alpha value is -8.60. The van der Waals surface area contributed by atoms with E-state index < -0.39 is 0 Å². The molecule has 4 nitrogen and oxygen atoms in total. The maximum Gasteiger partial charge on any atom is 0.159 e. The second-order valence-corrected chi connectivity index (χ2v) is 17.3. The zero-order valence-electron chi connectivity index (χ0n) is 34.5. The molecule has 0 bridgehead atoms. The molecule has 15 rings (SSSR count). The van der Waals surface area contributed by atoms with Crippen LogP contribution in [0.1, 0.15) is 0 Å². The summed E-state index contributed by atoms with van der Waals surface area (Å²) in [5, 5.41) is 12.4. The number of nitrogens with zero attached hydrogens (tertiary/aromatic N) is 3. The van der Waals surface area contributed by atoms with Crippen molar-refractivity contribution in [1.82, 2.24) is 13.5 Å². The lowest BCUT2D eigenvalue weighted by Crippen LogP contribution is -1.94. The summed E-state index contributed by atoms with van der Waals surface area (Å²) < 4.78 is 13.8. The Labute approximate surface area is 366 Å². The number of rotatable bonds is 4. The maximum atomic E-state index is 6.53. The highest BCUT2D eigenvalue weighted by molar-refractivity contribution is 6.23. The summed E-state index contributed by atoms with van der Waals surface area (Å²) in [7, 11) is 0. The molecule has 0 saturated carbocycles. The van der Waals surface area contributed by atoms with Gasteiger partial charge in [-0.25, -0.2) is 0 Å². The van der Waals surface area contributed by atoms with E-state index in [9.17, 15) is 0 Å². The molecule has 5 aromatic heterocycles. The second-order valence-electron chi connectivity index (χ2n) is 17.3. The predicted octanol–water partition coefficient (Wildman–Crippen LogP) is 16.3. The van der Waals surface area contributed by atoms with Gasteiger partial charge in [-0.3, -0.25) is 0 Å². The number of para-hydroxylation sites is 6. The van der Waals surface area contributed by atoms with Crippen LogP contribution in [-0.4, -0.2) is 13.5 Å². The van der Waals surface area contributed by atoms with E-state index >= 15 is 0 Å². The van der Waals surface area contributed by atoms with Crippen LogP contribution in [0, 0.1) is 0 Å². The standard InChI is InChI=1S/C60H35N3O/c1-7-20-53-41(11-1)46-15-9-16-47-44-30-29-40(35-57(44)63(53)59(46)47)61-51-18-5-2-12-42(51)49-33-38(27-31-54(49)61)36-23-25-37(26-24-36)39-28-32-55-50(34-39)43-13-3-6-19-52(43)62(55)56-21-10-17-48-45-14-4-8-22-58(45)64-60(48)56/h1-35H. The molecule has 0 amide bonds. The van der Waals surface area contributed by atoms with E-state index in [0.717, 1.165) is 44.3 Å². The highest BCUT2D eigenvalue weighted by atomic mass is 16.3. The Morgan fingerprint density at radius 3 is 1.45 bits per heavy atom. The van der Waals surface area contributed by atoms with Gasteiger partial charge in [0, 0.05) is 59.5 Å². The Balaban J connectivity index is 0.828. The number of fused-ring (bicyclic) bond motifs is 15. The minimum absolute atomic E-state index is 0.903. The van der Waals surface area contributed by atoms with Crippen LogP contribution in [-0.2, 0) is 0 Å². The molecule has 0 atom stereocenters. The fourth-order valence-electron chi connectivity index (χ4n) is 11.2. The van der Waals surface area contributed by atoms with Crippen molar-refractivity contribution in [1.29, 1.82) is 0 Å². The van der Waals surface area contributed by atoms with Crippen LogP contribution in [0.5, 0.6) is 0 Å². The molecule has 0 unspecified atom stereocenters. The van der Waals surface area contributed by atoms with Crippen molar-refractivity contribution in [3.63, 3.8) is 0 Å². The fourth-order valence-corrected chi connectivity index (χ4v) is 11.2. The van der Waals surface area contributed by atoms with Crippen LogP contribution in [0.2, 0.25) is 0 Å². The molecule has 0 aliphatic rings. The average Bonchev–Trinajstić information content (AvgIpc) is 4.16. The van der Waals surface area contributed by atoms with E-state index in [1.807, 2.05) is 6.07 Å². The van der Waals surface area contributed by atoms with Crippen molar-refractivity contribution >= 4 is 104 Å². The molecular formula is C60H35N3O. The summed E-state index contributed by atoms with van der Waals surface area (Å²) in [6.07, 6.45) is 0. The highest BCUT2D eigenvalue weighted by Crippen LogP contribution is 2.43. The third kappa shape index (κ3) is 4.51. The molecule has 0 aliphatic carbocycles. The van der Waals surface area contributed by atoms with Crippen molar-refractivity contribution in [2.24, 2.45) is 0 Å². The van der Waals surface area contributed by atoms with Crippen LogP contribution in [0.15, 0.2) is 217 Å². The first-order valence-corrected chi connectivity index (χ1v) is 22.0. The molecule has 0 fully saturated rings. The van der Waals surface area contributed by atoms with Crippen molar-refractivity contribution in [3.8, 4) is 33.6 Å². The summed E-state index contributed by atoms with van der Waals surface area (Å²) in [4.78, 5) is 0. The lowest BCUT2D eigenvalue weighted by atomic mass is 9.98. The summed E-state index contributed by atoms with van der Waals surface area (Å²) in [5.41, 5.74) is 17.3. The summed E-state index contributed by atoms with van der Waals surface area (Å²) in [5.74, 6) is 0. The Bertz CT molecular complexity index is 4420. The van der Waals surface area contributed by atoms with Gasteiger partial charge in [0.15, 0.2) is 5.58 Å². The van der Waals surface area contributed by atoms with Gasteiger partial charge in [0.05, 0.1) is 44.3 Å². The SMILES string of the molecule is c1ccc2c(c1)oc1c(-n3c4ccccc4c4cc(-c5ccc(-c6ccc7c(c6)c6ccccc6n7-c6ccc7c8cccc9c%10ccccc%10n(c7c6)c98)cc5)ccc43)cccc12. The van der Waals surface area contributed by atoms with Gasteiger partial charge in [0.2, 0.25) is 0 Å². The van der Waals surface area contributed by atoms with Gasteiger partial charge in [-0.2, -0.15) is 0 Å². The topological polar surface area (TPSA) is 27.4 Å². The quantitative estimate of drug-likeness (QED) is 0.174. The number of benzene rings is 10. The molecule has 15 aromatic rings.